The molecule has 0 atom stereocenters. The van der Waals surface area contributed by atoms with E-state index in [1.54, 1.807) is 31.3 Å². The van der Waals surface area contributed by atoms with E-state index in [1.165, 1.54) is 0 Å². The van der Waals surface area contributed by atoms with Gasteiger partial charge in [0.05, 0.1) is 12.2 Å². The van der Waals surface area contributed by atoms with Crippen LogP contribution >= 0.6 is 0 Å². The molecule has 0 aliphatic rings. The summed E-state index contributed by atoms with van der Waals surface area (Å²) in [5.74, 6) is -0.231. The van der Waals surface area contributed by atoms with E-state index in [-0.39, 0.29) is 0 Å². The largest absolute Gasteiger partial charge is 0.493 e. The Balaban J connectivity index is 1.93. The van der Waals surface area contributed by atoms with Crippen molar-refractivity contribution in [2.45, 2.75) is 13.3 Å². The Morgan fingerprint density at radius 3 is 2.84 bits per heavy atom. The zero-order chi connectivity index (χ0) is 13.7. The van der Waals surface area contributed by atoms with Gasteiger partial charge in [0.2, 0.25) is 0 Å². The van der Waals surface area contributed by atoms with Gasteiger partial charge in [-0.1, -0.05) is 6.07 Å². The molecule has 0 bridgehead atoms. The third kappa shape index (κ3) is 3.55. The van der Waals surface area contributed by atoms with E-state index >= 15 is 0 Å². The van der Waals surface area contributed by atoms with Crippen LogP contribution in [0.4, 0.5) is 0 Å². The molecule has 19 heavy (non-hydrogen) atoms. The SMILES string of the molecule is Cc1cc(OCCc2cccnc2)ccc1C(=O)O. The highest BCUT2D eigenvalue weighted by molar-refractivity contribution is 5.89. The lowest BCUT2D eigenvalue weighted by atomic mass is 10.1. The zero-order valence-corrected chi connectivity index (χ0v) is 10.7. The van der Waals surface area contributed by atoms with Crippen LogP contribution in [0.15, 0.2) is 42.7 Å². The molecule has 0 radical (unpaired) electrons. The van der Waals surface area contributed by atoms with Gasteiger partial charge in [-0.3, -0.25) is 4.98 Å². The molecular weight excluding hydrogens is 242 g/mol. The molecule has 98 valence electrons. The van der Waals surface area contributed by atoms with E-state index in [4.69, 9.17) is 9.84 Å². The van der Waals surface area contributed by atoms with Gasteiger partial charge in [-0.2, -0.15) is 0 Å². The number of nitrogens with zero attached hydrogens (tertiary/aromatic N) is 1. The molecule has 0 aliphatic heterocycles. The number of benzene rings is 1. The molecule has 2 rings (SSSR count). The molecule has 1 aromatic carbocycles. The van der Waals surface area contributed by atoms with Gasteiger partial charge in [0.25, 0.3) is 0 Å². The van der Waals surface area contributed by atoms with Gasteiger partial charge in [0, 0.05) is 18.8 Å². The van der Waals surface area contributed by atoms with Crippen molar-refractivity contribution < 1.29 is 14.6 Å². The maximum Gasteiger partial charge on any atom is 0.335 e. The fourth-order valence-electron chi connectivity index (χ4n) is 1.80. The van der Waals surface area contributed by atoms with E-state index < -0.39 is 5.97 Å². The molecular formula is C15H15NO3. The molecule has 0 saturated heterocycles. The molecule has 0 spiro atoms. The summed E-state index contributed by atoms with van der Waals surface area (Å²) in [6, 6.07) is 8.87. The van der Waals surface area contributed by atoms with Crippen LogP contribution in [0.3, 0.4) is 0 Å². The predicted molar refractivity (Wildman–Crippen MR) is 71.6 cm³/mol. The molecule has 0 saturated carbocycles. The molecule has 1 N–H and O–H groups in total. The van der Waals surface area contributed by atoms with Gasteiger partial charge in [-0.15, -0.1) is 0 Å². The lowest BCUT2D eigenvalue weighted by Crippen LogP contribution is -2.03. The van der Waals surface area contributed by atoms with Crippen LogP contribution < -0.4 is 4.74 Å². The Labute approximate surface area is 111 Å². The highest BCUT2D eigenvalue weighted by Gasteiger charge is 2.07. The lowest BCUT2D eigenvalue weighted by molar-refractivity contribution is 0.0696. The van der Waals surface area contributed by atoms with Crippen LogP contribution in [-0.4, -0.2) is 22.7 Å². The maximum absolute atomic E-state index is 10.9. The average molecular weight is 257 g/mol. The molecule has 1 aromatic heterocycles. The summed E-state index contributed by atoms with van der Waals surface area (Å²) < 4.78 is 5.60. The second kappa shape index (κ2) is 6.00. The van der Waals surface area contributed by atoms with Crippen molar-refractivity contribution in [1.29, 1.82) is 0 Å². The summed E-state index contributed by atoms with van der Waals surface area (Å²) in [7, 11) is 0. The smallest absolute Gasteiger partial charge is 0.335 e. The highest BCUT2D eigenvalue weighted by Crippen LogP contribution is 2.17. The summed E-state index contributed by atoms with van der Waals surface area (Å²) in [5, 5.41) is 8.93. The topological polar surface area (TPSA) is 59.4 Å². The van der Waals surface area contributed by atoms with E-state index in [9.17, 15) is 4.79 Å². The summed E-state index contributed by atoms with van der Waals surface area (Å²) in [6.07, 6.45) is 4.31. The summed E-state index contributed by atoms with van der Waals surface area (Å²) in [5.41, 5.74) is 2.12. The minimum atomic E-state index is -0.917. The number of aromatic nitrogens is 1. The fraction of sp³-hybridized carbons (Fsp3) is 0.200. The van der Waals surface area contributed by atoms with Crippen molar-refractivity contribution in [3.05, 3.63) is 59.4 Å². The van der Waals surface area contributed by atoms with Crippen LogP contribution in [0.5, 0.6) is 5.75 Å². The van der Waals surface area contributed by atoms with E-state index in [0.717, 1.165) is 12.0 Å². The van der Waals surface area contributed by atoms with Crippen molar-refractivity contribution in [2.75, 3.05) is 6.61 Å². The average Bonchev–Trinajstić information content (AvgIpc) is 2.39. The molecule has 0 amide bonds. The van der Waals surface area contributed by atoms with Gasteiger partial charge >= 0.3 is 5.97 Å². The maximum atomic E-state index is 10.9. The Morgan fingerprint density at radius 1 is 1.37 bits per heavy atom. The molecule has 2 aromatic rings. The second-order valence-corrected chi connectivity index (χ2v) is 4.24. The van der Waals surface area contributed by atoms with E-state index in [2.05, 4.69) is 4.98 Å². The minimum absolute atomic E-state index is 0.305. The number of carboxylic acid groups (broad SMARTS) is 1. The first-order chi connectivity index (χ1) is 9.16. The first-order valence-corrected chi connectivity index (χ1v) is 6.02. The van der Waals surface area contributed by atoms with Gasteiger partial charge < -0.3 is 9.84 Å². The van der Waals surface area contributed by atoms with E-state index in [1.807, 2.05) is 18.3 Å². The normalized spacial score (nSPS) is 10.2. The molecule has 0 unspecified atom stereocenters. The molecule has 0 fully saturated rings. The number of hydrogen-bond donors (Lipinski definition) is 1. The standard InChI is InChI=1S/C15H15NO3/c1-11-9-13(4-5-14(11)15(17)18)19-8-6-12-3-2-7-16-10-12/h2-5,7,9-10H,6,8H2,1H3,(H,17,18). The van der Waals surface area contributed by atoms with Gasteiger partial charge in [-0.25, -0.2) is 4.79 Å². The summed E-state index contributed by atoms with van der Waals surface area (Å²) >= 11 is 0. The number of rotatable bonds is 5. The van der Waals surface area contributed by atoms with Gasteiger partial charge in [-0.05, 0) is 42.3 Å². The number of pyridine rings is 1. The Kier molecular flexibility index (Phi) is 4.13. The highest BCUT2D eigenvalue weighted by atomic mass is 16.5. The third-order valence-corrected chi connectivity index (χ3v) is 2.81. The van der Waals surface area contributed by atoms with E-state index in [0.29, 0.717) is 23.5 Å². The number of aromatic carboxylic acids is 1. The lowest BCUT2D eigenvalue weighted by Gasteiger charge is -2.08. The number of carboxylic acids is 1. The summed E-state index contributed by atoms with van der Waals surface area (Å²) in [6.45, 7) is 2.30. The fourth-order valence-corrected chi connectivity index (χ4v) is 1.80. The third-order valence-electron chi connectivity index (χ3n) is 2.81. The molecule has 1 heterocycles. The second-order valence-electron chi connectivity index (χ2n) is 4.24. The first kappa shape index (κ1) is 13.1. The van der Waals surface area contributed by atoms with Gasteiger partial charge in [0.15, 0.2) is 0 Å². The number of carbonyl (C=O) groups is 1. The molecule has 4 heteroatoms. The minimum Gasteiger partial charge on any atom is -0.493 e. The number of ether oxygens (including phenoxy) is 1. The van der Waals surface area contributed by atoms with Crippen LogP contribution in [0.2, 0.25) is 0 Å². The van der Waals surface area contributed by atoms with Crippen molar-refractivity contribution in [1.82, 2.24) is 4.98 Å². The van der Waals surface area contributed by atoms with Crippen LogP contribution in [-0.2, 0) is 6.42 Å². The van der Waals surface area contributed by atoms with Crippen molar-refractivity contribution in [3.63, 3.8) is 0 Å². The zero-order valence-electron chi connectivity index (χ0n) is 10.7. The van der Waals surface area contributed by atoms with Crippen molar-refractivity contribution in [2.24, 2.45) is 0 Å². The first-order valence-electron chi connectivity index (χ1n) is 6.02. The number of hydrogen-bond acceptors (Lipinski definition) is 3. The van der Waals surface area contributed by atoms with Crippen LogP contribution in [0.25, 0.3) is 0 Å². The van der Waals surface area contributed by atoms with Gasteiger partial charge in [0.1, 0.15) is 5.75 Å². The molecule has 0 aliphatic carbocycles. The predicted octanol–water partition coefficient (Wildman–Crippen LogP) is 2.71. The Bertz CT molecular complexity index is 567. The number of aryl methyl sites for hydroxylation is 1. The van der Waals surface area contributed by atoms with Crippen molar-refractivity contribution in [3.8, 4) is 5.75 Å². The van der Waals surface area contributed by atoms with Crippen LogP contribution in [0, 0.1) is 6.92 Å². The summed E-state index contributed by atoms with van der Waals surface area (Å²) in [4.78, 5) is 14.9. The van der Waals surface area contributed by atoms with Crippen LogP contribution in [0.1, 0.15) is 21.5 Å². The monoisotopic (exact) mass is 257 g/mol. The Hall–Kier alpha value is -2.36. The quantitative estimate of drug-likeness (QED) is 0.894. The Morgan fingerprint density at radius 2 is 2.21 bits per heavy atom. The molecule has 4 nitrogen and oxygen atoms in total. The van der Waals surface area contributed by atoms with Crippen molar-refractivity contribution >= 4 is 5.97 Å².